The Hall–Kier alpha value is -0.660. The lowest BCUT2D eigenvalue weighted by atomic mass is 10.2. The largest absolute Gasteiger partial charge is 0.459 e. The van der Waals surface area contributed by atoms with Gasteiger partial charge in [0.25, 0.3) is 0 Å². The third kappa shape index (κ3) is 3.90. The first-order valence-corrected chi connectivity index (χ1v) is 6.79. The van der Waals surface area contributed by atoms with Crippen LogP contribution in [-0.2, 0) is 13.6 Å². The first-order valence-electron chi connectivity index (χ1n) is 5.25. The van der Waals surface area contributed by atoms with Crippen molar-refractivity contribution in [3.8, 4) is 0 Å². The van der Waals surface area contributed by atoms with Crippen molar-refractivity contribution in [1.29, 1.82) is 0 Å². The molecule has 0 aliphatic carbocycles. The van der Waals surface area contributed by atoms with E-state index in [1.54, 1.807) is 0 Å². The van der Waals surface area contributed by atoms with Crippen LogP contribution in [0.1, 0.15) is 20.8 Å². The number of nitrogens with two attached hydrogens (primary N) is 1. The monoisotopic (exact) mass is 311 g/mol. The molecule has 0 heterocycles. The van der Waals surface area contributed by atoms with E-state index in [0.29, 0.717) is 0 Å². The normalized spacial score (nSPS) is 15.4. The minimum Gasteiger partial charge on any atom is -0.396 e. The summed E-state index contributed by atoms with van der Waals surface area (Å²) in [5, 5.41) is -0.946. The molecule has 0 saturated heterocycles. The maximum atomic E-state index is 13.0. The predicted molar refractivity (Wildman–Crippen MR) is 58.7 cm³/mol. The number of rotatable bonds is 6. The fourth-order valence-corrected chi connectivity index (χ4v) is 2.68. The molecule has 0 saturated carbocycles. The van der Waals surface area contributed by atoms with Gasteiger partial charge >= 0.3 is 19.7 Å². The molecule has 0 amide bonds. The molecule has 2 N–H and O–H groups in total. The molecule has 0 bridgehead atoms. The molecule has 0 rings (SSSR count). The highest BCUT2D eigenvalue weighted by atomic mass is 31.2. The summed E-state index contributed by atoms with van der Waals surface area (Å²) in [5.74, 6) is -5.30. The molecule has 114 valence electrons. The highest BCUT2D eigenvalue weighted by Gasteiger charge is 2.61. The zero-order chi connectivity index (χ0) is 15.5. The SMILES string of the molecule is CCOP(=O)(OCC)/C(C)=C(\N)C(F)(F)C(F)(F)F. The molecule has 10 heteroatoms. The van der Waals surface area contributed by atoms with Gasteiger partial charge in [-0.2, -0.15) is 22.0 Å². The first-order chi connectivity index (χ1) is 8.44. The van der Waals surface area contributed by atoms with E-state index in [4.69, 9.17) is 5.73 Å². The van der Waals surface area contributed by atoms with Gasteiger partial charge in [0.2, 0.25) is 0 Å². The van der Waals surface area contributed by atoms with Gasteiger partial charge in [0.05, 0.1) is 24.2 Å². The van der Waals surface area contributed by atoms with Crippen LogP contribution >= 0.6 is 7.60 Å². The van der Waals surface area contributed by atoms with Gasteiger partial charge < -0.3 is 14.8 Å². The molecular weight excluding hydrogens is 296 g/mol. The van der Waals surface area contributed by atoms with Crippen molar-refractivity contribution in [3.05, 3.63) is 11.0 Å². The predicted octanol–water partition coefficient (Wildman–Crippen LogP) is 3.64. The van der Waals surface area contributed by atoms with Crippen molar-refractivity contribution < 1.29 is 35.6 Å². The van der Waals surface area contributed by atoms with E-state index in [0.717, 1.165) is 6.92 Å². The van der Waals surface area contributed by atoms with Crippen LogP contribution in [0, 0.1) is 0 Å². The molecule has 0 unspecified atom stereocenters. The van der Waals surface area contributed by atoms with Gasteiger partial charge in [0.1, 0.15) is 0 Å². The van der Waals surface area contributed by atoms with E-state index >= 15 is 0 Å². The second-order valence-electron chi connectivity index (χ2n) is 3.40. The van der Waals surface area contributed by atoms with Gasteiger partial charge in [-0.05, 0) is 20.8 Å². The molecule has 0 aromatic heterocycles. The smallest absolute Gasteiger partial charge is 0.396 e. The van der Waals surface area contributed by atoms with Crippen LogP contribution in [0.4, 0.5) is 22.0 Å². The van der Waals surface area contributed by atoms with E-state index in [9.17, 15) is 26.5 Å². The summed E-state index contributed by atoms with van der Waals surface area (Å²) in [4.78, 5) is 0. The van der Waals surface area contributed by atoms with E-state index in [1.807, 2.05) is 0 Å². The highest BCUT2D eigenvalue weighted by molar-refractivity contribution is 7.58. The number of allylic oxidation sites excluding steroid dienone is 2. The van der Waals surface area contributed by atoms with Crippen molar-refractivity contribution in [2.45, 2.75) is 32.9 Å². The Bertz CT molecular complexity index is 384. The number of hydrogen-bond donors (Lipinski definition) is 1. The third-order valence-electron chi connectivity index (χ3n) is 2.09. The molecule has 0 aliphatic heterocycles. The quantitative estimate of drug-likeness (QED) is 0.601. The first kappa shape index (κ1) is 18.3. The van der Waals surface area contributed by atoms with Crippen molar-refractivity contribution in [2.75, 3.05) is 13.2 Å². The molecule has 0 aromatic rings. The van der Waals surface area contributed by atoms with Crippen LogP contribution in [0.2, 0.25) is 0 Å². The third-order valence-corrected chi connectivity index (χ3v) is 4.35. The van der Waals surface area contributed by atoms with E-state index in [1.165, 1.54) is 13.8 Å². The highest BCUT2D eigenvalue weighted by Crippen LogP contribution is 2.58. The molecule has 0 radical (unpaired) electrons. The minimum atomic E-state index is -5.89. The Labute approximate surface area is 107 Å². The number of alkyl halides is 5. The average Bonchev–Trinajstić information content (AvgIpc) is 2.26. The summed E-state index contributed by atoms with van der Waals surface area (Å²) in [6.45, 7) is 3.15. The number of halogens is 5. The molecule has 0 atom stereocenters. The zero-order valence-electron chi connectivity index (χ0n) is 10.6. The Kier molecular flexibility index (Phi) is 5.98. The fourth-order valence-electron chi connectivity index (χ4n) is 1.10. The molecule has 4 nitrogen and oxygen atoms in total. The van der Waals surface area contributed by atoms with Crippen LogP contribution in [-0.4, -0.2) is 25.3 Å². The molecular formula is C9H15F5NO3P. The Morgan fingerprint density at radius 1 is 1.11 bits per heavy atom. The second kappa shape index (κ2) is 6.19. The van der Waals surface area contributed by atoms with Crippen molar-refractivity contribution in [3.63, 3.8) is 0 Å². The molecule has 0 fully saturated rings. The van der Waals surface area contributed by atoms with Gasteiger partial charge in [0, 0.05) is 0 Å². The molecule has 0 spiro atoms. The summed E-state index contributed by atoms with van der Waals surface area (Å²) in [6.07, 6.45) is -5.89. The molecule has 0 aromatic carbocycles. The summed E-state index contributed by atoms with van der Waals surface area (Å²) in [5.41, 5.74) is 2.94. The molecule has 0 aliphatic rings. The van der Waals surface area contributed by atoms with Gasteiger partial charge in [-0.1, -0.05) is 0 Å². The van der Waals surface area contributed by atoms with Crippen LogP contribution < -0.4 is 5.73 Å². The van der Waals surface area contributed by atoms with Gasteiger partial charge in [-0.25, -0.2) is 0 Å². The second-order valence-corrected chi connectivity index (χ2v) is 5.59. The lowest BCUT2D eigenvalue weighted by molar-refractivity contribution is -0.264. The van der Waals surface area contributed by atoms with E-state index in [2.05, 4.69) is 9.05 Å². The van der Waals surface area contributed by atoms with Crippen molar-refractivity contribution in [1.82, 2.24) is 0 Å². The lowest BCUT2D eigenvalue weighted by Gasteiger charge is -2.24. The van der Waals surface area contributed by atoms with Gasteiger partial charge in [0.15, 0.2) is 0 Å². The van der Waals surface area contributed by atoms with Gasteiger partial charge in [-0.15, -0.1) is 0 Å². The van der Waals surface area contributed by atoms with Crippen LogP contribution in [0.25, 0.3) is 0 Å². The fraction of sp³-hybridized carbons (Fsp3) is 0.778. The van der Waals surface area contributed by atoms with Crippen molar-refractivity contribution in [2.24, 2.45) is 5.73 Å². The lowest BCUT2D eigenvalue weighted by Crippen LogP contribution is -2.42. The topological polar surface area (TPSA) is 61.5 Å². The standard InChI is InChI=1S/C9H15F5NO3P/c1-4-17-19(16,18-5-2)6(3)7(15)8(10,11)9(12,13)14/h4-5,15H2,1-3H3/b7-6-. The Morgan fingerprint density at radius 3 is 1.74 bits per heavy atom. The number of hydrogen-bond acceptors (Lipinski definition) is 4. The Balaban J connectivity index is 5.73. The summed E-state index contributed by atoms with van der Waals surface area (Å²) in [7, 11) is -4.26. The Morgan fingerprint density at radius 2 is 1.47 bits per heavy atom. The molecule has 19 heavy (non-hydrogen) atoms. The van der Waals surface area contributed by atoms with E-state index in [-0.39, 0.29) is 13.2 Å². The van der Waals surface area contributed by atoms with Crippen molar-refractivity contribution >= 4 is 7.60 Å². The summed E-state index contributed by atoms with van der Waals surface area (Å²) in [6, 6.07) is 0. The van der Waals surface area contributed by atoms with Crippen LogP contribution in [0.15, 0.2) is 11.0 Å². The minimum absolute atomic E-state index is 0.195. The van der Waals surface area contributed by atoms with Gasteiger partial charge in [-0.3, -0.25) is 4.57 Å². The maximum Gasteiger partial charge on any atom is 0.459 e. The van der Waals surface area contributed by atoms with Crippen LogP contribution in [0.3, 0.4) is 0 Å². The summed E-state index contributed by atoms with van der Waals surface area (Å²) >= 11 is 0. The van der Waals surface area contributed by atoms with E-state index < -0.39 is 30.7 Å². The van der Waals surface area contributed by atoms with Crippen LogP contribution in [0.5, 0.6) is 0 Å². The zero-order valence-corrected chi connectivity index (χ0v) is 11.4. The average molecular weight is 311 g/mol. The summed E-state index contributed by atoms with van der Waals surface area (Å²) < 4.78 is 84.0. The maximum absolute atomic E-state index is 13.0.